The number of alkyl halides is 3. The second-order valence-electron chi connectivity index (χ2n) is 8.79. The van der Waals surface area contributed by atoms with E-state index < -0.39 is 11.7 Å². The van der Waals surface area contributed by atoms with Crippen molar-refractivity contribution >= 4 is 22.4 Å². The molecule has 1 fully saturated rings. The number of nitrogens with zero attached hydrogens (tertiary/aromatic N) is 3. The number of anilines is 2. The molecule has 5 rings (SSSR count). The highest BCUT2D eigenvalue weighted by Gasteiger charge is 2.31. The van der Waals surface area contributed by atoms with Crippen LogP contribution in [0, 0.1) is 6.92 Å². The third-order valence-electron chi connectivity index (χ3n) is 6.57. The van der Waals surface area contributed by atoms with Gasteiger partial charge in [-0.05, 0) is 41.5 Å². The molecule has 0 atom stereocenters. The Labute approximate surface area is 200 Å². The Balaban J connectivity index is 1.32. The van der Waals surface area contributed by atoms with Gasteiger partial charge >= 0.3 is 6.18 Å². The number of hydrogen-bond donors (Lipinski definition) is 1. The van der Waals surface area contributed by atoms with E-state index in [-0.39, 0.29) is 5.56 Å². The average Bonchev–Trinajstić information content (AvgIpc) is 2.86. The summed E-state index contributed by atoms with van der Waals surface area (Å²) < 4.78 is 39.2. The zero-order chi connectivity index (χ0) is 24.6. The van der Waals surface area contributed by atoms with E-state index >= 15 is 0 Å². The minimum Gasteiger partial charge on any atom is -0.368 e. The van der Waals surface area contributed by atoms with Crippen LogP contribution in [0.15, 0.2) is 71.5 Å². The number of fused-ring (bicyclic) bond motifs is 1. The summed E-state index contributed by atoms with van der Waals surface area (Å²) >= 11 is 0. The van der Waals surface area contributed by atoms with Crippen molar-refractivity contribution in [2.45, 2.75) is 19.5 Å². The van der Waals surface area contributed by atoms with Gasteiger partial charge in [0.2, 0.25) is 5.95 Å². The van der Waals surface area contributed by atoms with E-state index in [2.05, 4.69) is 28.2 Å². The van der Waals surface area contributed by atoms with E-state index in [1.807, 2.05) is 41.0 Å². The van der Waals surface area contributed by atoms with Crippen molar-refractivity contribution in [3.8, 4) is 0 Å². The lowest BCUT2D eigenvalue weighted by Crippen LogP contribution is -2.47. The number of rotatable bonds is 4. The third kappa shape index (κ3) is 4.73. The molecule has 0 unspecified atom stereocenters. The number of aryl methyl sites for hydroxylation is 1. The molecule has 1 N–H and O–H groups in total. The standard InChI is InChI=1S/C27H25F3N4O/c1-18-24(16-20-8-4-7-19-6-2-3-11-23(19)20)25(35)32-26(31-18)34-14-12-33(13-15-34)22-10-5-9-21(17-22)27(28,29)30/h2-11,17H,12-16H2,1H3,(H,31,32,35). The van der Waals surface area contributed by atoms with E-state index in [1.54, 1.807) is 6.07 Å². The van der Waals surface area contributed by atoms with Crippen molar-refractivity contribution in [1.29, 1.82) is 0 Å². The number of piperazine rings is 1. The number of nitrogens with one attached hydrogen (secondary N) is 1. The van der Waals surface area contributed by atoms with Gasteiger partial charge in [-0.15, -0.1) is 0 Å². The van der Waals surface area contributed by atoms with Gasteiger partial charge in [-0.1, -0.05) is 48.5 Å². The van der Waals surface area contributed by atoms with Crippen LogP contribution < -0.4 is 15.4 Å². The maximum absolute atomic E-state index is 13.1. The Kier molecular flexibility index (Phi) is 5.96. The zero-order valence-corrected chi connectivity index (χ0v) is 19.3. The van der Waals surface area contributed by atoms with Gasteiger partial charge in [0.15, 0.2) is 0 Å². The fraction of sp³-hybridized carbons (Fsp3) is 0.259. The maximum atomic E-state index is 13.1. The fourth-order valence-corrected chi connectivity index (χ4v) is 4.65. The van der Waals surface area contributed by atoms with Crippen LogP contribution in [-0.4, -0.2) is 36.1 Å². The van der Waals surface area contributed by atoms with Crippen LogP contribution in [-0.2, 0) is 12.6 Å². The molecule has 0 saturated carbocycles. The van der Waals surface area contributed by atoms with E-state index in [0.717, 1.165) is 22.4 Å². The second-order valence-corrected chi connectivity index (χ2v) is 8.79. The molecule has 5 nitrogen and oxygen atoms in total. The van der Waals surface area contributed by atoms with Crippen LogP contribution in [0.2, 0.25) is 0 Å². The van der Waals surface area contributed by atoms with Crippen molar-refractivity contribution in [1.82, 2.24) is 9.97 Å². The summed E-state index contributed by atoms with van der Waals surface area (Å²) in [4.78, 5) is 24.5. The second kappa shape index (κ2) is 9.09. The van der Waals surface area contributed by atoms with Crippen LogP contribution in [0.1, 0.15) is 22.4 Å². The molecule has 0 amide bonds. The molecular weight excluding hydrogens is 453 g/mol. The van der Waals surface area contributed by atoms with E-state index in [1.165, 1.54) is 12.1 Å². The first-order chi connectivity index (χ1) is 16.8. The van der Waals surface area contributed by atoms with Crippen LogP contribution in [0.3, 0.4) is 0 Å². The van der Waals surface area contributed by atoms with Gasteiger partial charge in [-0.3, -0.25) is 9.78 Å². The zero-order valence-electron chi connectivity index (χ0n) is 19.3. The summed E-state index contributed by atoms with van der Waals surface area (Å²) in [6.07, 6.45) is -3.88. The molecule has 35 heavy (non-hydrogen) atoms. The topological polar surface area (TPSA) is 52.2 Å². The average molecular weight is 479 g/mol. The van der Waals surface area contributed by atoms with Crippen LogP contribution >= 0.6 is 0 Å². The molecule has 0 spiro atoms. The first-order valence-electron chi connectivity index (χ1n) is 11.5. The molecule has 1 aliphatic rings. The smallest absolute Gasteiger partial charge is 0.368 e. The summed E-state index contributed by atoms with van der Waals surface area (Å²) in [5.74, 6) is 0.498. The molecule has 1 aromatic heterocycles. The summed E-state index contributed by atoms with van der Waals surface area (Å²) in [6, 6.07) is 19.6. The lowest BCUT2D eigenvalue weighted by molar-refractivity contribution is -0.137. The van der Waals surface area contributed by atoms with Crippen LogP contribution in [0.4, 0.5) is 24.8 Å². The monoisotopic (exact) mass is 478 g/mol. The van der Waals surface area contributed by atoms with Gasteiger partial charge in [0.1, 0.15) is 0 Å². The molecule has 4 aromatic rings. The third-order valence-corrected chi connectivity index (χ3v) is 6.57. The van der Waals surface area contributed by atoms with E-state index in [4.69, 9.17) is 0 Å². The molecule has 0 bridgehead atoms. The molecule has 0 aliphatic carbocycles. The highest BCUT2D eigenvalue weighted by molar-refractivity contribution is 5.85. The van der Waals surface area contributed by atoms with Crippen LogP contribution in [0.25, 0.3) is 10.8 Å². The van der Waals surface area contributed by atoms with Gasteiger partial charge < -0.3 is 9.80 Å². The van der Waals surface area contributed by atoms with Crippen LogP contribution in [0.5, 0.6) is 0 Å². The number of aromatic amines is 1. The minimum atomic E-state index is -4.37. The fourth-order valence-electron chi connectivity index (χ4n) is 4.65. The Morgan fingerprint density at radius 2 is 1.60 bits per heavy atom. The molecule has 2 heterocycles. The number of benzene rings is 3. The van der Waals surface area contributed by atoms with Gasteiger partial charge in [-0.2, -0.15) is 13.2 Å². The van der Waals surface area contributed by atoms with Crippen molar-refractivity contribution in [2.24, 2.45) is 0 Å². The summed E-state index contributed by atoms with van der Waals surface area (Å²) in [6.45, 7) is 3.99. The summed E-state index contributed by atoms with van der Waals surface area (Å²) in [5, 5.41) is 2.24. The highest BCUT2D eigenvalue weighted by Crippen LogP contribution is 2.32. The SMILES string of the molecule is Cc1nc(N2CCN(c3cccc(C(F)(F)F)c3)CC2)[nH]c(=O)c1Cc1cccc2ccccc12. The Morgan fingerprint density at radius 3 is 2.34 bits per heavy atom. The maximum Gasteiger partial charge on any atom is 0.416 e. The number of H-pyrrole nitrogens is 1. The molecule has 180 valence electrons. The number of hydrogen-bond acceptors (Lipinski definition) is 4. The molecule has 3 aromatic carbocycles. The lowest BCUT2D eigenvalue weighted by Gasteiger charge is -2.36. The predicted molar refractivity (Wildman–Crippen MR) is 132 cm³/mol. The highest BCUT2D eigenvalue weighted by atomic mass is 19.4. The number of aromatic nitrogens is 2. The normalized spacial score (nSPS) is 14.5. The van der Waals surface area contributed by atoms with Gasteiger partial charge in [0, 0.05) is 43.9 Å². The van der Waals surface area contributed by atoms with Crippen molar-refractivity contribution in [3.05, 3.63) is 99.5 Å². The van der Waals surface area contributed by atoms with E-state index in [0.29, 0.717) is 55.5 Å². The summed E-state index contributed by atoms with van der Waals surface area (Å²) in [5.41, 5.74) is 2.11. The van der Waals surface area contributed by atoms with Gasteiger partial charge in [0.25, 0.3) is 5.56 Å². The Morgan fingerprint density at radius 1 is 0.914 bits per heavy atom. The first kappa shape index (κ1) is 23.0. The molecule has 1 saturated heterocycles. The Bertz CT molecular complexity index is 1420. The molecule has 1 aliphatic heterocycles. The predicted octanol–water partition coefficient (Wildman–Crippen LogP) is 5.17. The number of halogens is 3. The molecule has 0 radical (unpaired) electrons. The van der Waals surface area contributed by atoms with Crippen molar-refractivity contribution < 1.29 is 13.2 Å². The minimum absolute atomic E-state index is 0.166. The lowest BCUT2D eigenvalue weighted by atomic mass is 9.98. The molecular formula is C27H25F3N4O. The first-order valence-corrected chi connectivity index (χ1v) is 11.5. The van der Waals surface area contributed by atoms with E-state index in [9.17, 15) is 18.0 Å². The van der Waals surface area contributed by atoms with Crippen molar-refractivity contribution in [3.63, 3.8) is 0 Å². The largest absolute Gasteiger partial charge is 0.416 e. The summed E-state index contributed by atoms with van der Waals surface area (Å²) in [7, 11) is 0. The Hall–Kier alpha value is -3.81. The van der Waals surface area contributed by atoms with Gasteiger partial charge in [0.05, 0.1) is 11.3 Å². The molecule has 8 heteroatoms. The van der Waals surface area contributed by atoms with Crippen molar-refractivity contribution in [2.75, 3.05) is 36.0 Å². The quantitative estimate of drug-likeness (QED) is 0.440. The van der Waals surface area contributed by atoms with Gasteiger partial charge in [-0.25, -0.2) is 4.98 Å².